The molecule has 0 heterocycles. The average Bonchev–Trinajstić information content (AvgIpc) is 2.96. The van der Waals surface area contributed by atoms with Gasteiger partial charge in [-0.2, -0.15) is 0 Å². The van der Waals surface area contributed by atoms with E-state index in [2.05, 4.69) is 6.92 Å². The lowest BCUT2D eigenvalue weighted by Gasteiger charge is -2.29. The van der Waals surface area contributed by atoms with E-state index in [1.807, 2.05) is 6.92 Å². The molecule has 0 atom stereocenters. The lowest BCUT2D eigenvalue weighted by atomic mass is 9.78. The van der Waals surface area contributed by atoms with Crippen LogP contribution in [0.15, 0.2) is 48.5 Å². The summed E-state index contributed by atoms with van der Waals surface area (Å²) in [4.78, 5) is 0. The maximum absolute atomic E-state index is 15.2. The molecule has 0 N–H and O–H groups in total. The molecule has 3 aromatic rings. The Morgan fingerprint density at radius 2 is 1.23 bits per heavy atom. The van der Waals surface area contributed by atoms with E-state index in [9.17, 15) is 8.78 Å². The van der Waals surface area contributed by atoms with E-state index < -0.39 is 23.3 Å². The van der Waals surface area contributed by atoms with Crippen molar-refractivity contribution in [1.29, 1.82) is 0 Å². The quantitative estimate of drug-likeness (QED) is 0.164. The highest BCUT2D eigenvalue weighted by Crippen LogP contribution is 2.39. The van der Waals surface area contributed by atoms with Gasteiger partial charge in [0.25, 0.3) is 0 Å². The van der Waals surface area contributed by atoms with Crippen LogP contribution in [0.2, 0.25) is 0 Å². The third-order valence-electron chi connectivity index (χ3n) is 8.18. The molecular weight excluding hydrogens is 500 g/mol. The zero-order valence-electron chi connectivity index (χ0n) is 23.2. The van der Waals surface area contributed by atoms with Gasteiger partial charge in [0, 0.05) is 24.3 Å². The van der Waals surface area contributed by atoms with Crippen molar-refractivity contribution in [3.63, 3.8) is 0 Å². The number of hydrogen-bond acceptors (Lipinski definition) is 1. The van der Waals surface area contributed by atoms with Crippen LogP contribution in [-0.4, -0.2) is 13.2 Å². The standard InChI is InChI=1S/C34H40F4O/c1-3-5-6-7-8-9-27-18-19-28(32(36)31(27)35)25-14-16-26(17-15-25)30-21-20-29(33(37)34(30)38)24-12-10-23(11-13-24)22-39-4-2/h14-21,23-24H,3-13,22H2,1-2H3. The Bertz CT molecular complexity index is 1210. The highest BCUT2D eigenvalue weighted by atomic mass is 19.2. The number of rotatable bonds is 12. The predicted molar refractivity (Wildman–Crippen MR) is 151 cm³/mol. The third kappa shape index (κ3) is 7.11. The monoisotopic (exact) mass is 540 g/mol. The minimum Gasteiger partial charge on any atom is -0.381 e. The molecule has 0 aromatic heterocycles. The minimum absolute atomic E-state index is 0.00554. The van der Waals surface area contributed by atoms with Crippen molar-refractivity contribution in [1.82, 2.24) is 0 Å². The summed E-state index contributed by atoms with van der Waals surface area (Å²) < 4.78 is 65.6. The smallest absolute Gasteiger partial charge is 0.166 e. The number of aryl methyl sites for hydroxylation is 1. The molecule has 39 heavy (non-hydrogen) atoms. The number of unbranched alkanes of at least 4 members (excludes halogenated alkanes) is 4. The molecule has 0 saturated heterocycles. The number of ether oxygens (including phenoxy) is 1. The Morgan fingerprint density at radius 1 is 0.641 bits per heavy atom. The Kier molecular flexibility index (Phi) is 10.6. The normalized spacial score (nSPS) is 17.5. The molecule has 1 aliphatic rings. The van der Waals surface area contributed by atoms with E-state index in [0.717, 1.165) is 64.4 Å². The predicted octanol–water partition coefficient (Wildman–Crippen LogP) is 10.4. The number of halogens is 4. The van der Waals surface area contributed by atoms with Crippen molar-refractivity contribution >= 4 is 0 Å². The van der Waals surface area contributed by atoms with Crippen molar-refractivity contribution < 1.29 is 22.3 Å². The van der Waals surface area contributed by atoms with Gasteiger partial charge in [0.1, 0.15) is 0 Å². The van der Waals surface area contributed by atoms with E-state index in [0.29, 0.717) is 41.2 Å². The van der Waals surface area contributed by atoms with Gasteiger partial charge in [-0.1, -0.05) is 81.1 Å². The largest absolute Gasteiger partial charge is 0.381 e. The molecule has 4 rings (SSSR count). The van der Waals surface area contributed by atoms with Gasteiger partial charge in [0.05, 0.1) is 0 Å². The fourth-order valence-corrected chi connectivity index (χ4v) is 5.78. The molecule has 0 spiro atoms. The van der Waals surface area contributed by atoms with Gasteiger partial charge < -0.3 is 4.74 Å². The van der Waals surface area contributed by atoms with Gasteiger partial charge in [0.15, 0.2) is 23.3 Å². The summed E-state index contributed by atoms with van der Waals surface area (Å²) in [7, 11) is 0. The summed E-state index contributed by atoms with van der Waals surface area (Å²) in [6, 6.07) is 13.1. The lowest BCUT2D eigenvalue weighted by molar-refractivity contribution is 0.0918. The van der Waals surface area contributed by atoms with Crippen molar-refractivity contribution in [2.24, 2.45) is 5.92 Å². The summed E-state index contributed by atoms with van der Waals surface area (Å²) in [5.74, 6) is -2.84. The molecule has 0 amide bonds. The fraction of sp³-hybridized carbons (Fsp3) is 0.471. The zero-order valence-corrected chi connectivity index (χ0v) is 23.2. The third-order valence-corrected chi connectivity index (χ3v) is 8.18. The second-order valence-electron chi connectivity index (χ2n) is 10.8. The molecule has 1 saturated carbocycles. The first kappa shape index (κ1) is 29.3. The van der Waals surface area contributed by atoms with Gasteiger partial charge in [-0.15, -0.1) is 0 Å². The van der Waals surface area contributed by atoms with E-state index in [4.69, 9.17) is 4.74 Å². The van der Waals surface area contributed by atoms with E-state index >= 15 is 8.78 Å². The maximum atomic E-state index is 15.2. The van der Waals surface area contributed by atoms with E-state index in [1.165, 1.54) is 0 Å². The first-order valence-electron chi connectivity index (χ1n) is 14.6. The van der Waals surface area contributed by atoms with Crippen LogP contribution in [0.1, 0.15) is 88.7 Å². The Labute approximate surface area is 230 Å². The van der Waals surface area contributed by atoms with Crippen LogP contribution in [0, 0.1) is 29.2 Å². The van der Waals surface area contributed by atoms with Crippen molar-refractivity contribution in [2.75, 3.05) is 13.2 Å². The van der Waals surface area contributed by atoms with Gasteiger partial charge in [0.2, 0.25) is 0 Å². The van der Waals surface area contributed by atoms with Gasteiger partial charge in [-0.25, -0.2) is 17.6 Å². The Hall–Kier alpha value is -2.66. The van der Waals surface area contributed by atoms with Crippen LogP contribution in [0.4, 0.5) is 17.6 Å². The SMILES string of the molecule is CCCCCCCc1ccc(-c2ccc(-c3ccc(C4CCC(COCC)CC4)c(F)c3F)cc2)c(F)c1F. The molecule has 0 radical (unpaired) electrons. The second kappa shape index (κ2) is 14.1. The molecule has 5 heteroatoms. The van der Waals surface area contributed by atoms with Crippen LogP contribution < -0.4 is 0 Å². The minimum atomic E-state index is -0.869. The molecule has 0 unspecified atom stereocenters. The second-order valence-corrected chi connectivity index (χ2v) is 10.8. The molecule has 1 fully saturated rings. The van der Waals surface area contributed by atoms with E-state index in [-0.39, 0.29) is 17.0 Å². The summed E-state index contributed by atoms with van der Waals surface area (Å²) in [5, 5.41) is 0. The Morgan fingerprint density at radius 3 is 1.85 bits per heavy atom. The van der Waals surface area contributed by atoms with Gasteiger partial charge >= 0.3 is 0 Å². The lowest BCUT2D eigenvalue weighted by Crippen LogP contribution is -2.18. The number of benzene rings is 3. The highest BCUT2D eigenvalue weighted by molar-refractivity contribution is 5.71. The van der Waals surface area contributed by atoms with Crippen molar-refractivity contribution in [3.8, 4) is 22.3 Å². The van der Waals surface area contributed by atoms with Crippen LogP contribution in [0.5, 0.6) is 0 Å². The van der Waals surface area contributed by atoms with E-state index in [1.54, 1.807) is 48.5 Å². The van der Waals surface area contributed by atoms with Crippen LogP contribution in [0.3, 0.4) is 0 Å². The van der Waals surface area contributed by atoms with Crippen molar-refractivity contribution in [3.05, 3.63) is 82.9 Å². The van der Waals surface area contributed by atoms with Crippen LogP contribution >= 0.6 is 0 Å². The maximum Gasteiger partial charge on any atom is 0.166 e. The van der Waals surface area contributed by atoms with Crippen molar-refractivity contribution in [2.45, 2.75) is 84.0 Å². The van der Waals surface area contributed by atoms with Gasteiger partial charge in [-0.05, 0) is 79.5 Å². The topological polar surface area (TPSA) is 9.23 Å². The molecule has 0 aliphatic heterocycles. The fourth-order valence-electron chi connectivity index (χ4n) is 5.78. The average molecular weight is 541 g/mol. The molecular formula is C34H40F4O. The first-order valence-corrected chi connectivity index (χ1v) is 14.6. The van der Waals surface area contributed by atoms with Crippen LogP contribution in [-0.2, 0) is 11.2 Å². The molecule has 1 aliphatic carbocycles. The van der Waals surface area contributed by atoms with Gasteiger partial charge in [-0.3, -0.25) is 0 Å². The summed E-state index contributed by atoms with van der Waals surface area (Å²) in [5.41, 5.74) is 2.14. The zero-order chi connectivity index (χ0) is 27.8. The highest BCUT2D eigenvalue weighted by Gasteiger charge is 2.26. The Balaban J connectivity index is 1.45. The van der Waals surface area contributed by atoms with Crippen LogP contribution in [0.25, 0.3) is 22.3 Å². The summed E-state index contributed by atoms with van der Waals surface area (Å²) >= 11 is 0. The summed E-state index contributed by atoms with van der Waals surface area (Å²) in [6.45, 7) is 5.54. The molecule has 1 nitrogen and oxygen atoms in total. The molecule has 3 aromatic carbocycles. The molecule has 210 valence electrons. The summed E-state index contributed by atoms with van der Waals surface area (Å²) in [6.07, 6.45) is 9.30. The number of hydrogen-bond donors (Lipinski definition) is 0. The first-order chi connectivity index (χ1) is 18.9. The molecule has 0 bridgehead atoms.